The van der Waals surface area contributed by atoms with Gasteiger partial charge in [-0.05, 0) is 55.9 Å². The number of anilines is 2. The molecule has 1 aliphatic carbocycles. The quantitative estimate of drug-likeness (QED) is 0.452. The van der Waals surface area contributed by atoms with Gasteiger partial charge in [-0.25, -0.2) is 0 Å². The Balaban J connectivity index is 1.24. The molecule has 1 aliphatic rings. The maximum atomic E-state index is 12.2. The molecule has 11 heteroatoms. The number of amides is 2. The fraction of sp³-hybridized carbons (Fsp3) is 0.435. The predicted molar refractivity (Wildman–Crippen MR) is 127 cm³/mol. The minimum Gasteiger partial charge on any atom is -0.384 e. The molecule has 0 unspecified atom stereocenters. The van der Waals surface area contributed by atoms with Crippen LogP contribution < -0.4 is 10.6 Å². The summed E-state index contributed by atoms with van der Waals surface area (Å²) in [5.41, 5.74) is 1.60. The Morgan fingerprint density at radius 3 is 2.71 bits per heavy atom. The average Bonchev–Trinajstić information content (AvgIpc) is 3.49. The van der Waals surface area contributed by atoms with Crippen LogP contribution in [0.1, 0.15) is 48.0 Å². The fourth-order valence-electron chi connectivity index (χ4n) is 4.00. The summed E-state index contributed by atoms with van der Waals surface area (Å²) in [7, 11) is 1.57. The average molecular weight is 482 g/mol. The second-order valence-electron chi connectivity index (χ2n) is 8.27. The minimum atomic E-state index is -0.175. The number of carbonyl (C=O) groups is 2. The Kier molecular flexibility index (Phi) is 8.21. The number of aromatic nitrogens is 5. The smallest absolute Gasteiger partial charge is 0.231 e. The molecule has 0 saturated heterocycles. The highest BCUT2D eigenvalue weighted by Gasteiger charge is 2.29. The maximum Gasteiger partial charge on any atom is 0.231 e. The molecule has 1 fully saturated rings. The molecule has 0 radical (unpaired) electrons. The van der Waals surface area contributed by atoms with Crippen LogP contribution in [0, 0.1) is 5.92 Å². The SMILES string of the molecule is COCCC(=O)Nc1nnc([C@H]2CC[C@@H](Cc3ccc(NC(=O)Cc4ccccn4)nn3)C2)s1. The van der Waals surface area contributed by atoms with Gasteiger partial charge in [0.15, 0.2) is 5.82 Å². The van der Waals surface area contributed by atoms with E-state index >= 15 is 0 Å². The number of nitrogens with one attached hydrogen (secondary N) is 2. The van der Waals surface area contributed by atoms with Gasteiger partial charge in [0.05, 0.1) is 25.1 Å². The van der Waals surface area contributed by atoms with Gasteiger partial charge in [-0.2, -0.15) is 5.10 Å². The van der Waals surface area contributed by atoms with Crippen LogP contribution in [0.3, 0.4) is 0 Å². The van der Waals surface area contributed by atoms with E-state index in [1.807, 2.05) is 24.3 Å². The highest BCUT2D eigenvalue weighted by molar-refractivity contribution is 7.15. The molecule has 0 bridgehead atoms. The highest BCUT2D eigenvalue weighted by atomic mass is 32.1. The van der Waals surface area contributed by atoms with E-state index in [0.717, 1.165) is 36.4 Å². The Bertz CT molecular complexity index is 1090. The lowest BCUT2D eigenvalue weighted by molar-refractivity contribution is -0.117. The summed E-state index contributed by atoms with van der Waals surface area (Å²) in [5, 5.41) is 23.9. The Morgan fingerprint density at radius 1 is 1.03 bits per heavy atom. The number of carbonyl (C=O) groups excluding carboxylic acids is 2. The number of pyridine rings is 1. The van der Waals surface area contributed by atoms with Crippen LogP contribution in [0.2, 0.25) is 0 Å². The van der Waals surface area contributed by atoms with Crippen molar-refractivity contribution < 1.29 is 14.3 Å². The van der Waals surface area contributed by atoms with Gasteiger partial charge < -0.3 is 15.4 Å². The first kappa shape index (κ1) is 23.8. The molecule has 3 heterocycles. The third-order valence-electron chi connectivity index (χ3n) is 5.66. The first-order chi connectivity index (χ1) is 16.6. The second-order valence-corrected chi connectivity index (χ2v) is 9.28. The summed E-state index contributed by atoms with van der Waals surface area (Å²) in [4.78, 5) is 28.2. The molecule has 10 nitrogen and oxygen atoms in total. The van der Waals surface area contributed by atoms with Gasteiger partial charge in [0.2, 0.25) is 16.9 Å². The van der Waals surface area contributed by atoms with Gasteiger partial charge in [-0.3, -0.25) is 14.6 Å². The van der Waals surface area contributed by atoms with Crippen molar-refractivity contribution in [1.82, 2.24) is 25.4 Å². The number of ether oxygens (including phenoxy) is 1. The van der Waals surface area contributed by atoms with Crippen molar-refractivity contribution in [1.29, 1.82) is 0 Å². The van der Waals surface area contributed by atoms with Crippen molar-refractivity contribution in [3.8, 4) is 0 Å². The molecule has 0 spiro atoms. The van der Waals surface area contributed by atoms with Crippen LogP contribution >= 0.6 is 11.3 Å². The van der Waals surface area contributed by atoms with E-state index in [1.54, 1.807) is 19.4 Å². The molecule has 2 atom stereocenters. The topological polar surface area (TPSA) is 132 Å². The normalized spacial score (nSPS) is 17.4. The lowest BCUT2D eigenvalue weighted by Crippen LogP contribution is -2.16. The fourth-order valence-corrected chi connectivity index (χ4v) is 4.90. The lowest BCUT2D eigenvalue weighted by atomic mass is 10.00. The predicted octanol–water partition coefficient (Wildman–Crippen LogP) is 3.01. The van der Waals surface area contributed by atoms with Crippen molar-refractivity contribution in [3.05, 3.63) is 52.9 Å². The number of nitrogens with zero attached hydrogens (tertiary/aromatic N) is 5. The van der Waals surface area contributed by atoms with Crippen LogP contribution in [0.5, 0.6) is 0 Å². The molecule has 2 N–H and O–H groups in total. The first-order valence-electron chi connectivity index (χ1n) is 11.2. The summed E-state index contributed by atoms with van der Waals surface area (Å²) < 4.78 is 4.92. The lowest BCUT2D eigenvalue weighted by Gasteiger charge is -2.09. The molecular formula is C23H27N7O3S. The monoisotopic (exact) mass is 481 g/mol. The van der Waals surface area contributed by atoms with Crippen molar-refractivity contribution in [2.75, 3.05) is 24.4 Å². The van der Waals surface area contributed by atoms with Crippen LogP contribution in [-0.2, 0) is 27.2 Å². The Hall–Kier alpha value is -3.31. The largest absolute Gasteiger partial charge is 0.384 e. The Labute approximate surface area is 201 Å². The zero-order chi connectivity index (χ0) is 23.8. The number of hydrogen-bond acceptors (Lipinski definition) is 9. The molecule has 3 aromatic heterocycles. The van der Waals surface area contributed by atoms with Crippen LogP contribution in [-0.4, -0.2) is 50.9 Å². The molecule has 4 rings (SSSR count). The minimum absolute atomic E-state index is 0.121. The van der Waals surface area contributed by atoms with Gasteiger partial charge in [0, 0.05) is 24.9 Å². The van der Waals surface area contributed by atoms with Crippen molar-refractivity contribution >= 4 is 34.1 Å². The summed E-state index contributed by atoms with van der Waals surface area (Å²) in [6, 6.07) is 9.17. The van der Waals surface area contributed by atoms with E-state index in [-0.39, 0.29) is 18.2 Å². The number of methoxy groups -OCH3 is 1. The van der Waals surface area contributed by atoms with Gasteiger partial charge in [-0.15, -0.1) is 15.3 Å². The Morgan fingerprint density at radius 2 is 1.94 bits per heavy atom. The van der Waals surface area contributed by atoms with Gasteiger partial charge in [-0.1, -0.05) is 17.4 Å². The molecule has 0 aliphatic heterocycles. The van der Waals surface area contributed by atoms with E-state index in [4.69, 9.17) is 4.74 Å². The summed E-state index contributed by atoms with van der Waals surface area (Å²) >= 11 is 1.44. The standard InChI is InChI=1S/C23H27N7O3S/c1-33-11-9-20(31)26-23-30-29-22(34-23)16-6-5-15(12-16)13-18-7-8-19(28-27-18)25-21(32)14-17-4-2-3-10-24-17/h2-4,7-8,10,15-16H,5-6,9,11-14H2,1H3,(H,25,28,32)(H,26,30,31)/t15-,16+/m1/s1. The van der Waals surface area contributed by atoms with Crippen molar-refractivity contribution in [2.45, 2.75) is 44.4 Å². The first-order valence-corrected chi connectivity index (χ1v) is 12.0. The van der Waals surface area contributed by atoms with Gasteiger partial charge >= 0.3 is 0 Å². The maximum absolute atomic E-state index is 12.2. The molecule has 3 aromatic rings. The third kappa shape index (κ3) is 6.84. The van der Waals surface area contributed by atoms with Crippen LogP contribution in [0.4, 0.5) is 10.9 Å². The van der Waals surface area contributed by atoms with Crippen molar-refractivity contribution in [3.63, 3.8) is 0 Å². The molecule has 34 heavy (non-hydrogen) atoms. The van der Waals surface area contributed by atoms with E-state index in [1.165, 1.54) is 11.3 Å². The second kappa shape index (κ2) is 11.7. The number of hydrogen-bond donors (Lipinski definition) is 2. The third-order valence-corrected chi connectivity index (χ3v) is 6.66. The molecular weight excluding hydrogens is 454 g/mol. The van der Waals surface area contributed by atoms with Crippen molar-refractivity contribution in [2.24, 2.45) is 5.92 Å². The van der Waals surface area contributed by atoms with E-state index in [2.05, 4.69) is 36.0 Å². The highest BCUT2D eigenvalue weighted by Crippen LogP contribution is 2.41. The van der Waals surface area contributed by atoms with Crippen LogP contribution in [0.25, 0.3) is 0 Å². The summed E-state index contributed by atoms with van der Waals surface area (Å²) in [6.45, 7) is 0.378. The molecule has 0 aromatic carbocycles. The van der Waals surface area contributed by atoms with E-state index in [9.17, 15) is 9.59 Å². The van der Waals surface area contributed by atoms with E-state index < -0.39 is 0 Å². The van der Waals surface area contributed by atoms with E-state index in [0.29, 0.717) is 41.5 Å². The molecule has 178 valence electrons. The zero-order valence-corrected chi connectivity index (χ0v) is 19.8. The van der Waals surface area contributed by atoms with Gasteiger partial charge in [0.25, 0.3) is 0 Å². The number of rotatable bonds is 10. The van der Waals surface area contributed by atoms with Crippen LogP contribution in [0.15, 0.2) is 36.5 Å². The summed E-state index contributed by atoms with van der Waals surface area (Å²) in [6.07, 6.45) is 6.08. The zero-order valence-electron chi connectivity index (χ0n) is 18.9. The van der Waals surface area contributed by atoms with Gasteiger partial charge in [0.1, 0.15) is 5.01 Å². The molecule has 2 amide bonds. The molecule has 1 saturated carbocycles. The summed E-state index contributed by atoms with van der Waals surface area (Å²) in [5.74, 6) is 0.954.